The molecule has 0 aliphatic heterocycles. The second kappa shape index (κ2) is 7.86. The quantitative estimate of drug-likeness (QED) is 0.767. The van der Waals surface area contributed by atoms with Crippen LogP contribution in [-0.2, 0) is 9.53 Å². The van der Waals surface area contributed by atoms with E-state index in [1.54, 1.807) is 24.1 Å². The lowest BCUT2D eigenvalue weighted by Crippen LogP contribution is -2.52. The summed E-state index contributed by atoms with van der Waals surface area (Å²) in [5.74, 6) is -0.451. The van der Waals surface area contributed by atoms with Crippen molar-refractivity contribution < 1.29 is 24.2 Å². The molecule has 1 amide bonds. The van der Waals surface area contributed by atoms with Crippen LogP contribution in [0.25, 0.3) is 0 Å². The molecule has 1 aromatic rings. The van der Waals surface area contributed by atoms with E-state index in [1.807, 2.05) is 32.9 Å². The summed E-state index contributed by atoms with van der Waals surface area (Å²) in [6.07, 6.45) is 1.35. The van der Waals surface area contributed by atoms with E-state index >= 15 is 0 Å². The highest BCUT2D eigenvalue weighted by Crippen LogP contribution is 2.35. The van der Waals surface area contributed by atoms with Crippen LogP contribution in [0.2, 0.25) is 0 Å². The van der Waals surface area contributed by atoms with Gasteiger partial charge in [0.05, 0.1) is 0 Å². The predicted molar refractivity (Wildman–Crippen MR) is 101 cm³/mol. The van der Waals surface area contributed by atoms with Crippen molar-refractivity contribution in [2.75, 3.05) is 7.05 Å². The molecule has 1 N–H and O–H groups in total. The van der Waals surface area contributed by atoms with Crippen LogP contribution in [0.5, 0.6) is 5.75 Å². The highest BCUT2D eigenvalue weighted by molar-refractivity contribution is 9.10. The average molecular weight is 428 g/mol. The Labute approximate surface area is 162 Å². The molecule has 0 heterocycles. The summed E-state index contributed by atoms with van der Waals surface area (Å²) in [5.41, 5.74) is -1.82. The molecule has 0 spiro atoms. The van der Waals surface area contributed by atoms with E-state index in [2.05, 4.69) is 15.9 Å². The van der Waals surface area contributed by atoms with E-state index in [-0.39, 0.29) is 12.1 Å². The molecule has 0 radical (unpaired) electrons. The van der Waals surface area contributed by atoms with Crippen molar-refractivity contribution in [3.05, 3.63) is 28.7 Å². The molecule has 1 aromatic carbocycles. The Balaban J connectivity index is 2.03. The number of carboxylic acid groups (broad SMARTS) is 1. The largest absolute Gasteiger partial charge is 0.478 e. The van der Waals surface area contributed by atoms with E-state index in [4.69, 9.17) is 9.47 Å². The van der Waals surface area contributed by atoms with Gasteiger partial charge >= 0.3 is 12.1 Å². The average Bonchev–Trinajstić information content (AvgIpc) is 2.55. The highest BCUT2D eigenvalue weighted by atomic mass is 79.9. The fourth-order valence-corrected chi connectivity index (χ4v) is 3.29. The first-order valence-corrected chi connectivity index (χ1v) is 9.45. The van der Waals surface area contributed by atoms with Crippen LogP contribution in [0.3, 0.4) is 0 Å². The molecule has 0 aromatic heterocycles. The van der Waals surface area contributed by atoms with Crippen LogP contribution in [0, 0.1) is 0 Å². The van der Waals surface area contributed by atoms with Gasteiger partial charge in [0, 0.05) is 30.4 Å². The van der Waals surface area contributed by atoms with E-state index in [0.717, 1.165) is 4.47 Å². The summed E-state index contributed by atoms with van der Waals surface area (Å²) < 4.78 is 12.2. The van der Waals surface area contributed by atoms with Crippen molar-refractivity contribution in [2.45, 2.75) is 63.7 Å². The number of amides is 1. The Hall–Kier alpha value is -1.76. The van der Waals surface area contributed by atoms with Crippen LogP contribution >= 0.6 is 15.9 Å². The standard InChI is InChI=1S/C19H26BrNO5/c1-18(2,3)26-17(24)21(4)14-9-11-19(12-10-14,16(22)23)25-15-7-5-13(20)6-8-15/h5-8,14H,9-12H2,1-4H3,(H,22,23). The maximum atomic E-state index is 12.2. The van der Waals surface area contributed by atoms with Gasteiger partial charge < -0.3 is 19.5 Å². The lowest BCUT2D eigenvalue weighted by molar-refractivity contribution is -0.159. The van der Waals surface area contributed by atoms with Crippen LogP contribution in [0.4, 0.5) is 4.79 Å². The minimum Gasteiger partial charge on any atom is -0.478 e. The SMILES string of the molecule is CN(C(=O)OC(C)(C)C)C1CCC(Oc2ccc(Br)cc2)(C(=O)O)CC1. The third kappa shape index (κ3) is 5.13. The molecule has 0 bridgehead atoms. The Morgan fingerprint density at radius 3 is 2.19 bits per heavy atom. The lowest BCUT2D eigenvalue weighted by atomic mass is 9.81. The Morgan fingerprint density at radius 2 is 1.73 bits per heavy atom. The molecule has 2 rings (SSSR count). The number of hydrogen-bond donors (Lipinski definition) is 1. The highest BCUT2D eigenvalue weighted by Gasteiger charge is 2.46. The molecular weight excluding hydrogens is 402 g/mol. The second-order valence-corrected chi connectivity index (χ2v) is 8.59. The van der Waals surface area contributed by atoms with Crippen molar-refractivity contribution in [1.29, 1.82) is 0 Å². The van der Waals surface area contributed by atoms with Gasteiger partial charge in [-0.2, -0.15) is 0 Å². The fourth-order valence-electron chi connectivity index (χ4n) is 3.03. The zero-order valence-corrected chi connectivity index (χ0v) is 17.2. The van der Waals surface area contributed by atoms with Crippen LogP contribution in [0.15, 0.2) is 28.7 Å². The number of aliphatic carboxylic acids is 1. The third-order valence-corrected chi connectivity index (χ3v) is 5.04. The van der Waals surface area contributed by atoms with E-state index < -0.39 is 17.2 Å². The first-order valence-electron chi connectivity index (χ1n) is 8.66. The van der Waals surface area contributed by atoms with Gasteiger partial charge in [-0.3, -0.25) is 0 Å². The van der Waals surface area contributed by atoms with Gasteiger partial charge in [-0.05, 0) is 57.9 Å². The van der Waals surface area contributed by atoms with E-state index in [9.17, 15) is 14.7 Å². The molecule has 1 fully saturated rings. The summed E-state index contributed by atoms with van der Waals surface area (Å²) in [6.45, 7) is 5.46. The first-order chi connectivity index (χ1) is 12.0. The molecule has 7 heteroatoms. The number of carboxylic acids is 1. The molecule has 144 valence electrons. The number of benzene rings is 1. The predicted octanol–water partition coefficient (Wildman–Crippen LogP) is 4.46. The van der Waals surface area contributed by atoms with Gasteiger partial charge in [-0.25, -0.2) is 9.59 Å². The molecule has 26 heavy (non-hydrogen) atoms. The number of carbonyl (C=O) groups is 2. The molecular formula is C19H26BrNO5. The minimum atomic E-state index is -1.26. The van der Waals surface area contributed by atoms with Crippen molar-refractivity contribution in [1.82, 2.24) is 4.90 Å². The number of hydrogen-bond acceptors (Lipinski definition) is 4. The van der Waals surface area contributed by atoms with Gasteiger partial charge in [-0.1, -0.05) is 15.9 Å². The normalized spacial score (nSPS) is 23.2. The minimum absolute atomic E-state index is 0.0640. The topological polar surface area (TPSA) is 76.1 Å². The molecule has 1 aliphatic carbocycles. The molecule has 1 saturated carbocycles. The van der Waals surface area contributed by atoms with Crippen molar-refractivity contribution in [3.63, 3.8) is 0 Å². The van der Waals surface area contributed by atoms with Gasteiger partial charge in [0.25, 0.3) is 0 Å². The number of halogens is 1. The van der Waals surface area contributed by atoms with Crippen molar-refractivity contribution >= 4 is 28.0 Å². The maximum absolute atomic E-state index is 12.2. The maximum Gasteiger partial charge on any atom is 0.410 e. The zero-order chi connectivity index (χ0) is 19.5. The van der Waals surface area contributed by atoms with E-state index in [0.29, 0.717) is 31.4 Å². The van der Waals surface area contributed by atoms with Gasteiger partial charge in [-0.15, -0.1) is 0 Å². The Morgan fingerprint density at radius 1 is 1.19 bits per heavy atom. The first kappa shape index (κ1) is 20.6. The summed E-state index contributed by atoms with van der Waals surface area (Å²) in [5, 5.41) is 9.75. The second-order valence-electron chi connectivity index (χ2n) is 7.68. The summed E-state index contributed by atoms with van der Waals surface area (Å²) in [6, 6.07) is 7.05. The van der Waals surface area contributed by atoms with Crippen LogP contribution in [-0.4, -0.2) is 46.4 Å². The Bertz CT molecular complexity index is 645. The van der Waals surface area contributed by atoms with Crippen molar-refractivity contribution in [2.24, 2.45) is 0 Å². The summed E-state index contributed by atoms with van der Waals surface area (Å²) >= 11 is 3.35. The van der Waals surface area contributed by atoms with Crippen molar-refractivity contribution in [3.8, 4) is 5.75 Å². The number of ether oxygens (including phenoxy) is 2. The fraction of sp³-hybridized carbons (Fsp3) is 0.579. The van der Waals surface area contributed by atoms with Gasteiger partial charge in [0.2, 0.25) is 5.60 Å². The number of rotatable bonds is 4. The van der Waals surface area contributed by atoms with E-state index in [1.165, 1.54) is 0 Å². The number of nitrogens with zero attached hydrogens (tertiary/aromatic N) is 1. The lowest BCUT2D eigenvalue weighted by Gasteiger charge is -2.40. The van der Waals surface area contributed by atoms with Crippen LogP contribution in [0.1, 0.15) is 46.5 Å². The molecule has 0 saturated heterocycles. The molecule has 6 nitrogen and oxygen atoms in total. The van der Waals surface area contributed by atoms with Crippen LogP contribution < -0.4 is 4.74 Å². The summed E-state index contributed by atoms with van der Waals surface area (Å²) in [4.78, 5) is 25.7. The molecule has 0 atom stereocenters. The Kier molecular flexibility index (Phi) is 6.21. The third-order valence-electron chi connectivity index (χ3n) is 4.51. The van der Waals surface area contributed by atoms with Gasteiger partial charge in [0.15, 0.2) is 0 Å². The number of carbonyl (C=O) groups excluding carboxylic acids is 1. The van der Waals surface area contributed by atoms with Gasteiger partial charge in [0.1, 0.15) is 11.4 Å². The smallest absolute Gasteiger partial charge is 0.410 e. The summed E-state index contributed by atoms with van der Waals surface area (Å²) in [7, 11) is 1.70. The monoisotopic (exact) mass is 427 g/mol. The molecule has 1 aliphatic rings. The zero-order valence-electron chi connectivity index (χ0n) is 15.6. The molecule has 0 unspecified atom stereocenters.